The lowest BCUT2D eigenvalue weighted by Gasteiger charge is -2.02. The van der Waals surface area contributed by atoms with Gasteiger partial charge in [-0.3, -0.25) is 4.79 Å². The molecule has 0 unspecified atom stereocenters. The summed E-state index contributed by atoms with van der Waals surface area (Å²) in [5.41, 5.74) is 7.00. The minimum Gasteiger partial charge on any atom is -0.468 e. The van der Waals surface area contributed by atoms with E-state index in [1.54, 1.807) is 12.1 Å². The van der Waals surface area contributed by atoms with E-state index in [0.29, 0.717) is 16.8 Å². The molecular weight excluding hydrogens is 234 g/mol. The van der Waals surface area contributed by atoms with E-state index in [9.17, 15) is 9.59 Å². The Morgan fingerprint density at radius 2 is 2.00 bits per heavy atom. The lowest BCUT2D eigenvalue weighted by atomic mass is 10.1. The average molecular weight is 247 g/mol. The number of methoxy groups -OCH3 is 2. The van der Waals surface area contributed by atoms with Gasteiger partial charge in [0.1, 0.15) is 6.42 Å². The van der Waals surface area contributed by atoms with Crippen molar-refractivity contribution in [3.05, 3.63) is 29.3 Å². The molecule has 0 aliphatic heterocycles. The molecule has 0 aliphatic carbocycles. The molecule has 5 heteroatoms. The van der Waals surface area contributed by atoms with E-state index >= 15 is 0 Å². The second-order valence-corrected chi connectivity index (χ2v) is 3.35. The van der Waals surface area contributed by atoms with Crippen LogP contribution in [0.2, 0.25) is 0 Å². The highest BCUT2D eigenvalue weighted by Gasteiger charge is 2.06. The maximum Gasteiger partial charge on any atom is 0.337 e. The third-order valence-corrected chi connectivity index (χ3v) is 2.16. The van der Waals surface area contributed by atoms with Gasteiger partial charge in [-0.15, -0.1) is 0 Å². The molecule has 0 radical (unpaired) electrons. The SMILES string of the molecule is COC(=O)CC#Cc1ccc(C(=O)OC)cc1N. The molecule has 0 aliphatic rings. The normalized spacial score (nSPS) is 9.00. The maximum absolute atomic E-state index is 11.2. The number of ether oxygens (including phenoxy) is 2. The third kappa shape index (κ3) is 3.52. The molecule has 0 atom stereocenters. The summed E-state index contributed by atoms with van der Waals surface area (Å²) in [6, 6.07) is 4.64. The Bertz CT molecular complexity index is 526. The maximum atomic E-state index is 11.2. The van der Waals surface area contributed by atoms with Gasteiger partial charge in [-0.1, -0.05) is 11.8 Å². The van der Waals surface area contributed by atoms with Crippen molar-refractivity contribution >= 4 is 17.6 Å². The standard InChI is InChI=1S/C13H13NO4/c1-17-12(15)5-3-4-9-6-7-10(8-11(9)14)13(16)18-2/h6-8H,5,14H2,1-2H3. The van der Waals surface area contributed by atoms with Crippen molar-refractivity contribution in [1.82, 2.24) is 0 Å². The van der Waals surface area contributed by atoms with Crippen molar-refractivity contribution in [1.29, 1.82) is 0 Å². The van der Waals surface area contributed by atoms with Crippen molar-refractivity contribution < 1.29 is 19.1 Å². The molecule has 1 aromatic rings. The zero-order valence-corrected chi connectivity index (χ0v) is 10.1. The lowest BCUT2D eigenvalue weighted by Crippen LogP contribution is -2.03. The molecule has 0 saturated heterocycles. The van der Waals surface area contributed by atoms with E-state index in [1.807, 2.05) is 0 Å². The summed E-state index contributed by atoms with van der Waals surface area (Å²) in [5.74, 6) is 4.50. The number of carbonyl (C=O) groups is 2. The third-order valence-electron chi connectivity index (χ3n) is 2.16. The zero-order chi connectivity index (χ0) is 13.5. The Hall–Kier alpha value is -2.48. The average Bonchev–Trinajstić information content (AvgIpc) is 2.39. The van der Waals surface area contributed by atoms with Crippen molar-refractivity contribution in [2.75, 3.05) is 20.0 Å². The van der Waals surface area contributed by atoms with Gasteiger partial charge in [0, 0.05) is 11.3 Å². The minimum atomic E-state index is -0.462. The number of rotatable bonds is 2. The van der Waals surface area contributed by atoms with Crippen LogP contribution in [0.1, 0.15) is 22.3 Å². The minimum absolute atomic E-state index is 0.00526. The molecule has 0 amide bonds. The molecule has 94 valence electrons. The first-order valence-corrected chi connectivity index (χ1v) is 5.12. The van der Waals surface area contributed by atoms with Gasteiger partial charge in [-0.05, 0) is 18.2 Å². The Morgan fingerprint density at radius 1 is 1.28 bits per heavy atom. The first-order chi connectivity index (χ1) is 8.58. The van der Waals surface area contributed by atoms with Crippen LogP contribution in [0, 0.1) is 11.8 Å². The van der Waals surface area contributed by atoms with Crippen molar-refractivity contribution in [3.8, 4) is 11.8 Å². The van der Waals surface area contributed by atoms with Crippen LogP contribution in [-0.4, -0.2) is 26.2 Å². The van der Waals surface area contributed by atoms with Crippen molar-refractivity contribution in [2.24, 2.45) is 0 Å². The number of nitrogen functional groups attached to an aromatic ring is 1. The lowest BCUT2D eigenvalue weighted by molar-refractivity contribution is -0.139. The van der Waals surface area contributed by atoms with Crippen LogP contribution in [0.3, 0.4) is 0 Å². The number of nitrogens with two attached hydrogens (primary N) is 1. The van der Waals surface area contributed by atoms with Crippen molar-refractivity contribution in [2.45, 2.75) is 6.42 Å². The number of anilines is 1. The highest BCUT2D eigenvalue weighted by Crippen LogP contribution is 2.14. The Kier molecular flexibility index (Phi) is 4.76. The summed E-state index contributed by atoms with van der Waals surface area (Å²) in [6.45, 7) is 0. The molecule has 0 heterocycles. The molecule has 1 aromatic carbocycles. The fourth-order valence-corrected chi connectivity index (χ4v) is 1.21. The predicted octanol–water partition coefficient (Wildman–Crippen LogP) is 0.970. The van der Waals surface area contributed by atoms with Gasteiger partial charge in [0.2, 0.25) is 0 Å². The monoisotopic (exact) mass is 247 g/mol. The van der Waals surface area contributed by atoms with Crippen LogP contribution in [0.4, 0.5) is 5.69 Å². The summed E-state index contributed by atoms with van der Waals surface area (Å²) in [5, 5.41) is 0. The van der Waals surface area contributed by atoms with Crippen LogP contribution in [0.15, 0.2) is 18.2 Å². The van der Waals surface area contributed by atoms with Gasteiger partial charge in [-0.2, -0.15) is 0 Å². The molecule has 18 heavy (non-hydrogen) atoms. The smallest absolute Gasteiger partial charge is 0.337 e. The fourth-order valence-electron chi connectivity index (χ4n) is 1.21. The molecule has 0 bridgehead atoms. The number of esters is 2. The number of carbonyl (C=O) groups excluding carboxylic acids is 2. The van der Waals surface area contributed by atoms with Gasteiger partial charge in [0.05, 0.1) is 19.8 Å². The van der Waals surface area contributed by atoms with Crippen molar-refractivity contribution in [3.63, 3.8) is 0 Å². The summed E-state index contributed by atoms with van der Waals surface area (Å²) in [7, 11) is 2.59. The zero-order valence-electron chi connectivity index (χ0n) is 10.1. The molecule has 0 saturated carbocycles. The van der Waals surface area contributed by atoms with Gasteiger partial charge >= 0.3 is 11.9 Å². The topological polar surface area (TPSA) is 78.6 Å². The van der Waals surface area contributed by atoms with E-state index in [4.69, 9.17) is 5.73 Å². The van der Waals surface area contributed by atoms with Gasteiger partial charge in [-0.25, -0.2) is 4.79 Å². The molecular formula is C13H13NO4. The fraction of sp³-hybridized carbons (Fsp3) is 0.231. The molecule has 2 N–H and O–H groups in total. The molecule has 0 spiro atoms. The van der Waals surface area contributed by atoms with Gasteiger partial charge < -0.3 is 15.2 Å². The molecule has 0 aromatic heterocycles. The first kappa shape index (κ1) is 13.6. The Balaban J connectivity index is 2.86. The van der Waals surface area contributed by atoms with E-state index in [2.05, 4.69) is 21.3 Å². The highest BCUT2D eigenvalue weighted by atomic mass is 16.5. The van der Waals surface area contributed by atoms with Crippen LogP contribution in [0.5, 0.6) is 0 Å². The molecule has 0 fully saturated rings. The van der Waals surface area contributed by atoms with E-state index < -0.39 is 11.9 Å². The second kappa shape index (κ2) is 6.30. The van der Waals surface area contributed by atoms with Gasteiger partial charge in [0.25, 0.3) is 0 Å². The van der Waals surface area contributed by atoms with Crippen LogP contribution >= 0.6 is 0 Å². The van der Waals surface area contributed by atoms with Gasteiger partial charge in [0.15, 0.2) is 0 Å². The second-order valence-electron chi connectivity index (χ2n) is 3.35. The quantitative estimate of drug-likeness (QED) is 0.478. The van der Waals surface area contributed by atoms with Crippen LogP contribution < -0.4 is 5.73 Å². The van der Waals surface area contributed by atoms with Crippen LogP contribution in [0.25, 0.3) is 0 Å². The Morgan fingerprint density at radius 3 is 2.56 bits per heavy atom. The summed E-state index contributed by atoms with van der Waals surface area (Å²) >= 11 is 0. The molecule has 5 nitrogen and oxygen atoms in total. The number of hydrogen-bond acceptors (Lipinski definition) is 5. The highest BCUT2D eigenvalue weighted by molar-refractivity contribution is 5.90. The summed E-state index contributed by atoms with van der Waals surface area (Å²) in [6.07, 6.45) is -0.00526. The predicted molar refractivity (Wildman–Crippen MR) is 65.7 cm³/mol. The van der Waals surface area contributed by atoms with E-state index in [1.165, 1.54) is 20.3 Å². The first-order valence-electron chi connectivity index (χ1n) is 5.12. The summed E-state index contributed by atoms with van der Waals surface area (Å²) < 4.78 is 9.02. The summed E-state index contributed by atoms with van der Waals surface area (Å²) in [4.78, 5) is 22.1. The largest absolute Gasteiger partial charge is 0.468 e. The van der Waals surface area contributed by atoms with Crippen LogP contribution in [-0.2, 0) is 14.3 Å². The Labute approximate surface area is 105 Å². The molecule has 1 rings (SSSR count). The van der Waals surface area contributed by atoms with E-state index in [-0.39, 0.29) is 6.42 Å². The number of hydrogen-bond donors (Lipinski definition) is 1. The number of benzene rings is 1. The van der Waals surface area contributed by atoms with E-state index in [0.717, 1.165) is 0 Å².